The lowest BCUT2D eigenvalue weighted by molar-refractivity contribution is -0.384. The molecule has 0 saturated carbocycles. The zero-order valence-electron chi connectivity index (χ0n) is 14.2. The smallest absolute Gasteiger partial charge is 0.463 e. The van der Waals surface area contributed by atoms with Gasteiger partial charge in [0.15, 0.2) is 0 Å². The van der Waals surface area contributed by atoms with E-state index in [0.29, 0.717) is 24.7 Å². The molecule has 10 heteroatoms. The van der Waals surface area contributed by atoms with Crippen molar-refractivity contribution in [1.29, 1.82) is 0 Å². The first kappa shape index (κ1) is 19.4. The van der Waals surface area contributed by atoms with Crippen molar-refractivity contribution in [2.75, 3.05) is 13.2 Å². The molecule has 0 aliphatic carbocycles. The molecule has 2 atom stereocenters. The first-order chi connectivity index (χ1) is 12.4. The van der Waals surface area contributed by atoms with Crippen molar-refractivity contribution in [2.24, 2.45) is 5.92 Å². The standard InChI is InChI=1S/C16H20N2O8/c1-11(9-12-3-2-8-24-10-12)17(15(19)20)26-16(21)25-14-6-4-13(5-7-14)18(22)23/h4-7,11-12H,2-3,8-10H2,1H3,(H,19,20)/t11-,12+/m0/s1. The number of nitro groups is 1. The second-order valence-electron chi connectivity index (χ2n) is 5.97. The Bertz CT molecular complexity index is 642. The van der Waals surface area contributed by atoms with Gasteiger partial charge in [0.1, 0.15) is 5.75 Å². The highest BCUT2D eigenvalue weighted by molar-refractivity contribution is 5.69. The van der Waals surface area contributed by atoms with Crippen molar-refractivity contribution in [3.05, 3.63) is 34.4 Å². The van der Waals surface area contributed by atoms with Crippen molar-refractivity contribution >= 4 is 17.9 Å². The fourth-order valence-electron chi connectivity index (χ4n) is 2.72. The second-order valence-corrected chi connectivity index (χ2v) is 5.97. The van der Waals surface area contributed by atoms with Gasteiger partial charge < -0.3 is 14.6 Å². The highest BCUT2D eigenvalue weighted by Crippen LogP contribution is 2.22. The van der Waals surface area contributed by atoms with Gasteiger partial charge in [0.25, 0.3) is 5.69 Å². The lowest BCUT2D eigenvalue weighted by Gasteiger charge is -2.29. The van der Waals surface area contributed by atoms with E-state index in [1.165, 1.54) is 12.1 Å². The average Bonchev–Trinajstić information content (AvgIpc) is 2.60. The van der Waals surface area contributed by atoms with Gasteiger partial charge in [-0.2, -0.15) is 0 Å². The van der Waals surface area contributed by atoms with Gasteiger partial charge in [-0.15, -0.1) is 5.06 Å². The molecule has 0 bridgehead atoms. The topological polar surface area (TPSA) is 128 Å². The third-order valence-corrected chi connectivity index (χ3v) is 3.94. The Hall–Kier alpha value is -2.88. The number of hydrogen-bond donors (Lipinski definition) is 1. The van der Waals surface area contributed by atoms with E-state index in [0.717, 1.165) is 25.0 Å². The Kier molecular flexibility index (Phi) is 6.73. The minimum absolute atomic E-state index is 0.000674. The van der Waals surface area contributed by atoms with Crippen LogP contribution in [0, 0.1) is 16.0 Å². The van der Waals surface area contributed by atoms with E-state index >= 15 is 0 Å². The van der Waals surface area contributed by atoms with E-state index in [1.54, 1.807) is 6.92 Å². The van der Waals surface area contributed by atoms with Gasteiger partial charge in [-0.25, -0.2) is 9.59 Å². The molecule has 0 unspecified atom stereocenters. The number of benzene rings is 1. The van der Waals surface area contributed by atoms with Crippen molar-refractivity contribution in [3.8, 4) is 5.75 Å². The Labute approximate surface area is 149 Å². The molecule has 10 nitrogen and oxygen atoms in total. The molecule has 1 aromatic rings. The number of hydrogen-bond acceptors (Lipinski definition) is 7. The molecule has 142 valence electrons. The third kappa shape index (κ3) is 5.59. The predicted molar refractivity (Wildman–Crippen MR) is 87.7 cm³/mol. The zero-order valence-corrected chi connectivity index (χ0v) is 14.2. The van der Waals surface area contributed by atoms with E-state index in [1.807, 2.05) is 0 Å². The van der Waals surface area contributed by atoms with Crippen LogP contribution in [0.2, 0.25) is 0 Å². The fraction of sp³-hybridized carbons (Fsp3) is 0.500. The number of ether oxygens (including phenoxy) is 2. The van der Waals surface area contributed by atoms with Gasteiger partial charge in [-0.3, -0.25) is 15.0 Å². The van der Waals surface area contributed by atoms with Gasteiger partial charge in [0, 0.05) is 25.3 Å². The first-order valence-corrected chi connectivity index (χ1v) is 8.11. The summed E-state index contributed by atoms with van der Waals surface area (Å²) in [7, 11) is 0. The van der Waals surface area contributed by atoms with E-state index in [-0.39, 0.29) is 17.4 Å². The largest absolute Gasteiger partial charge is 0.539 e. The number of rotatable bonds is 5. The van der Waals surface area contributed by atoms with E-state index < -0.39 is 23.2 Å². The first-order valence-electron chi connectivity index (χ1n) is 8.11. The van der Waals surface area contributed by atoms with Crippen LogP contribution in [-0.4, -0.2) is 46.6 Å². The molecule has 1 fully saturated rings. The Balaban J connectivity index is 1.91. The van der Waals surface area contributed by atoms with Crippen molar-refractivity contribution in [3.63, 3.8) is 0 Å². The van der Waals surface area contributed by atoms with Crippen LogP contribution in [0.1, 0.15) is 26.2 Å². The molecular weight excluding hydrogens is 348 g/mol. The number of carbonyl (C=O) groups excluding carboxylic acids is 1. The van der Waals surface area contributed by atoms with Gasteiger partial charge in [-0.1, -0.05) is 0 Å². The number of carboxylic acid groups (broad SMARTS) is 1. The average molecular weight is 368 g/mol. The van der Waals surface area contributed by atoms with Gasteiger partial charge in [-0.05, 0) is 44.2 Å². The van der Waals surface area contributed by atoms with Gasteiger partial charge in [0.05, 0.1) is 11.0 Å². The molecular formula is C16H20N2O8. The molecule has 1 aliphatic rings. The molecule has 0 aromatic heterocycles. The maximum atomic E-state index is 11.8. The lowest BCUT2D eigenvalue weighted by Crippen LogP contribution is -2.41. The molecule has 1 aliphatic heterocycles. The van der Waals surface area contributed by atoms with Crippen LogP contribution < -0.4 is 4.74 Å². The molecule has 0 radical (unpaired) electrons. The van der Waals surface area contributed by atoms with Crippen LogP contribution in [-0.2, 0) is 9.57 Å². The predicted octanol–water partition coefficient (Wildman–Crippen LogP) is 3.21. The summed E-state index contributed by atoms with van der Waals surface area (Å²) in [6.07, 6.45) is -0.349. The SMILES string of the molecule is C[C@@H](C[C@H]1CCCOC1)N(OC(=O)Oc1ccc([N+](=O)[O-])cc1)C(=O)O. The lowest BCUT2D eigenvalue weighted by atomic mass is 9.95. The maximum Gasteiger partial charge on any atom is 0.539 e. The molecule has 26 heavy (non-hydrogen) atoms. The minimum atomic E-state index is -1.42. The number of hydroxylamine groups is 2. The summed E-state index contributed by atoms with van der Waals surface area (Å²) in [6.45, 7) is 2.87. The Morgan fingerprint density at radius 3 is 2.65 bits per heavy atom. The molecule has 0 spiro atoms. The molecule has 1 heterocycles. The normalized spacial score (nSPS) is 17.8. The molecule has 1 amide bonds. The summed E-state index contributed by atoms with van der Waals surface area (Å²) in [5, 5.41) is 20.4. The van der Waals surface area contributed by atoms with E-state index in [9.17, 15) is 24.8 Å². The van der Waals surface area contributed by atoms with E-state index in [2.05, 4.69) is 0 Å². The molecule has 1 saturated heterocycles. The van der Waals surface area contributed by atoms with Crippen LogP contribution in [0.15, 0.2) is 24.3 Å². The quantitative estimate of drug-likeness (QED) is 0.363. The molecule has 1 N–H and O–H groups in total. The van der Waals surface area contributed by atoms with Crippen molar-refractivity contribution in [2.45, 2.75) is 32.2 Å². The van der Waals surface area contributed by atoms with Crippen LogP contribution in [0.4, 0.5) is 15.3 Å². The monoisotopic (exact) mass is 368 g/mol. The summed E-state index contributed by atoms with van der Waals surface area (Å²) < 4.78 is 10.2. The van der Waals surface area contributed by atoms with Crippen LogP contribution >= 0.6 is 0 Å². The number of nitro benzene ring substituents is 1. The molecule has 1 aromatic carbocycles. The van der Waals surface area contributed by atoms with E-state index in [4.69, 9.17) is 14.3 Å². The number of amides is 1. The summed E-state index contributed by atoms with van der Waals surface area (Å²) in [6, 6.07) is 4.16. The Morgan fingerprint density at radius 1 is 1.42 bits per heavy atom. The van der Waals surface area contributed by atoms with Crippen LogP contribution in [0.3, 0.4) is 0 Å². The van der Waals surface area contributed by atoms with Crippen LogP contribution in [0.25, 0.3) is 0 Å². The highest BCUT2D eigenvalue weighted by Gasteiger charge is 2.28. The summed E-state index contributed by atoms with van der Waals surface area (Å²) in [4.78, 5) is 38.0. The molecule has 2 rings (SSSR count). The fourth-order valence-corrected chi connectivity index (χ4v) is 2.72. The summed E-state index contributed by atoms with van der Waals surface area (Å²) in [5.41, 5.74) is -0.166. The summed E-state index contributed by atoms with van der Waals surface area (Å²) >= 11 is 0. The van der Waals surface area contributed by atoms with Gasteiger partial charge >= 0.3 is 12.2 Å². The van der Waals surface area contributed by atoms with Crippen molar-refractivity contribution in [1.82, 2.24) is 5.06 Å². The Morgan fingerprint density at radius 2 is 2.12 bits per heavy atom. The number of carbonyl (C=O) groups is 2. The third-order valence-electron chi connectivity index (χ3n) is 3.94. The second kappa shape index (κ2) is 8.99. The van der Waals surface area contributed by atoms with Crippen LogP contribution in [0.5, 0.6) is 5.75 Å². The van der Waals surface area contributed by atoms with Crippen molar-refractivity contribution < 1.29 is 33.9 Å². The van der Waals surface area contributed by atoms with Gasteiger partial charge in [0.2, 0.25) is 0 Å². The minimum Gasteiger partial charge on any atom is -0.463 e. The maximum absolute atomic E-state index is 11.8. The highest BCUT2D eigenvalue weighted by atomic mass is 16.8. The zero-order chi connectivity index (χ0) is 19.1. The number of non-ortho nitro benzene ring substituents is 1. The summed E-state index contributed by atoms with van der Waals surface area (Å²) in [5.74, 6) is 0.189. The number of nitrogens with zero attached hydrogens (tertiary/aromatic N) is 2.